The zero-order valence-electron chi connectivity index (χ0n) is 6.06. The largest absolute Gasteiger partial charge is 0.423 e. The molecule has 1 aromatic rings. The van der Waals surface area contributed by atoms with Gasteiger partial charge in [0.05, 0.1) is 0 Å². The molecule has 0 fully saturated rings. The van der Waals surface area contributed by atoms with Crippen molar-refractivity contribution in [2.24, 2.45) is 0 Å². The summed E-state index contributed by atoms with van der Waals surface area (Å²) in [6, 6.07) is 0. The highest BCUT2D eigenvalue weighted by atomic mass is 19.4. The molecule has 4 nitrogen and oxygen atoms in total. The van der Waals surface area contributed by atoms with Crippen molar-refractivity contribution >= 4 is 11.6 Å². The van der Waals surface area contributed by atoms with E-state index in [9.17, 15) is 17.6 Å². The highest BCUT2D eigenvalue weighted by molar-refractivity contribution is 5.53. The summed E-state index contributed by atoms with van der Waals surface area (Å²) < 4.78 is 48.5. The molecule has 0 spiro atoms. The molecule has 0 unspecified atom stereocenters. The minimum absolute atomic E-state index is 1.02. The first-order chi connectivity index (χ1) is 5.82. The number of anilines is 2. The molecule has 1 aromatic heterocycles. The normalized spacial score (nSPS) is 11.7. The van der Waals surface area contributed by atoms with Gasteiger partial charge in [-0.1, -0.05) is 0 Å². The first kappa shape index (κ1) is 9.49. The SMILES string of the molecule is Nc1nc(F)nc(N)c1C(F)(F)F. The lowest BCUT2D eigenvalue weighted by molar-refractivity contribution is -0.136. The smallest absolute Gasteiger partial charge is 0.383 e. The Morgan fingerprint density at radius 3 is 1.69 bits per heavy atom. The fourth-order valence-electron chi connectivity index (χ4n) is 0.757. The summed E-state index contributed by atoms with van der Waals surface area (Å²) >= 11 is 0. The van der Waals surface area contributed by atoms with Crippen LogP contribution in [0.2, 0.25) is 0 Å². The minimum Gasteiger partial charge on any atom is -0.383 e. The van der Waals surface area contributed by atoms with Crippen molar-refractivity contribution in [1.82, 2.24) is 9.97 Å². The summed E-state index contributed by atoms with van der Waals surface area (Å²) in [6.45, 7) is 0. The van der Waals surface area contributed by atoms with Gasteiger partial charge in [-0.2, -0.15) is 27.5 Å². The minimum atomic E-state index is -4.78. The van der Waals surface area contributed by atoms with E-state index in [4.69, 9.17) is 11.5 Å². The fourth-order valence-corrected chi connectivity index (χ4v) is 0.757. The molecule has 0 atom stereocenters. The number of halogens is 4. The maximum atomic E-state index is 12.2. The number of rotatable bonds is 0. The highest BCUT2D eigenvalue weighted by Gasteiger charge is 2.37. The molecule has 0 radical (unpaired) electrons. The van der Waals surface area contributed by atoms with Crippen LogP contribution in [0.5, 0.6) is 0 Å². The van der Waals surface area contributed by atoms with Crippen molar-refractivity contribution in [2.75, 3.05) is 11.5 Å². The van der Waals surface area contributed by atoms with Crippen LogP contribution in [0.15, 0.2) is 0 Å². The van der Waals surface area contributed by atoms with Crippen LogP contribution in [0.4, 0.5) is 29.2 Å². The molecule has 72 valence electrons. The van der Waals surface area contributed by atoms with Gasteiger partial charge in [0.2, 0.25) is 0 Å². The maximum Gasteiger partial charge on any atom is 0.423 e. The van der Waals surface area contributed by atoms with Gasteiger partial charge in [-0.15, -0.1) is 0 Å². The van der Waals surface area contributed by atoms with Crippen LogP contribution >= 0.6 is 0 Å². The van der Waals surface area contributed by atoms with E-state index in [-0.39, 0.29) is 0 Å². The van der Waals surface area contributed by atoms with Gasteiger partial charge in [0.15, 0.2) is 0 Å². The number of aromatic nitrogens is 2. The van der Waals surface area contributed by atoms with E-state index < -0.39 is 29.5 Å². The second-order valence-electron chi connectivity index (χ2n) is 2.14. The molecule has 13 heavy (non-hydrogen) atoms. The van der Waals surface area contributed by atoms with Crippen molar-refractivity contribution in [2.45, 2.75) is 6.18 Å². The third kappa shape index (κ3) is 1.76. The van der Waals surface area contributed by atoms with Crippen molar-refractivity contribution < 1.29 is 17.6 Å². The topological polar surface area (TPSA) is 77.8 Å². The Morgan fingerprint density at radius 2 is 1.38 bits per heavy atom. The molecule has 0 aliphatic carbocycles. The van der Waals surface area contributed by atoms with E-state index >= 15 is 0 Å². The van der Waals surface area contributed by atoms with E-state index in [2.05, 4.69) is 9.97 Å². The Labute approximate surface area is 69.6 Å². The molecule has 8 heteroatoms. The number of nitrogen functional groups attached to an aromatic ring is 2. The third-order valence-corrected chi connectivity index (χ3v) is 1.22. The van der Waals surface area contributed by atoms with Gasteiger partial charge in [0.25, 0.3) is 0 Å². The Hall–Kier alpha value is -1.60. The van der Waals surface area contributed by atoms with Crippen LogP contribution < -0.4 is 11.5 Å². The number of nitrogens with zero attached hydrogens (tertiary/aromatic N) is 2. The van der Waals surface area contributed by atoms with E-state index in [0.717, 1.165) is 0 Å². The van der Waals surface area contributed by atoms with E-state index in [0.29, 0.717) is 0 Å². The number of nitrogens with two attached hydrogens (primary N) is 2. The van der Waals surface area contributed by atoms with Crippen molar-refractivity contribution in [3.05, 3.63) is 11.6 Å². The van der Waals surface area contributed by atoms with Crippen LogP contribution in [0.1, 0.15) is 5.56 Å². The van der Waals surface area contributed by atoms with Crippen LogP contribution in [0.25, 0.3) is 0 Å². The molecule has 0 aromatic carbocycles. The summed E-state index contributed by atoms with van der Waals surface area (Å²) in [7, 11) is 0. The molecule has 1 rings (SSSR count). The van der Waals surface area contributed by atoms with Crippen LogP contribution in [-0.2, 0) is 6.18 Å². The molecular weight excluding hydrogens is 192 g/mol. The van der Waals surface area contributed by atoms with Crippen molar-refractivity contribution in [3.63, 3.8) is 0 Å². The first-order valence-electron chi connectivity index (χ1n) is 2.98. The lowest BCUT2D eigenvalue weighted by Gasteiger charge is -2.10. The third-order valence-electron chi connectivity index (χ3n) is 1.22. The van der Waals surface area contributed by atoms with Gasteiger partial charge in [0.1, 0.15) is 17.2 Å². The predicted octanol–water partition coefficient (Wildman–Crippen LogP) is 0.799. The quantitative estimate of drug-likeness (QED) is 0.475. The van der Waals surface area contributed by atoms with E-state index in [1.807, 2.05) is 0 Å². The lowest BCUT2D eigenvalue weighted by Crippen LogP contribution is -2.16. The Balaban J connectivity index is 3.38. The van der Waals surface area contributed by atoms with E-state index in [1.165, 1.54) is 0 Å². The molecule has 0 saturated carbocycles. The molecule has 1 heterocycles. The van der Waals surface area contributed by atoms with Gasteiger partial charge in [-0.25, -0.2) is 0 Å². The van der Waals surface area contributed by atoms with Gasteiger partial charge in [0, 0.05) is 0 Å². The van der Waals surface area contributed by atoms with Gasteiger partial charge < -0.3 is 11.5 Å². The van der Waals surface area contributed by atoms with Crippen LogP contribution in [-0.4, -0.2) is 9.97 Å². The number of hydrogen-bond acceptors (Lipinski definition) is 4. The lowest BCUT2D eigenvalue weighted by atomic mass is 10.3. The first-order valence-corrected chi connectivity index (χ1v) is 2.98. The summed E-state index contributed by atoms with van der Waals surface area (Å²) in [6.07, 6.45) is -6.16. The zero-order valence-corrected chi connectivity index (χ0v) is 6.06. The number of alkyl halides is 3. The molecule has 0 saturated heterocycles. The zero-order chi connectivity index (χ0) is 10.2. The summed E-state index contributed by atoms with van der Waals surface area (Å²) in [5.41, 5.74) is 8.23. The molecule has 0 aliphatic rings. The molecule has 0 bridgehead atoms. The van der Waals surface area contributed by atoms with Crippen molar-refractivity contribution in [1.29, 1.82) is 0 Å². The fraction of sp³-hybridized carbons (Fsp3) is 0.200. The summed E-state index contributed by atoms with van der Waals surface area (Å²) in [4.78, 5) is 5.40. The van der Waals surface area contributed by atoms with Crippen molar-refractivity contribution in [3.8, 4) is 0 Å². The monoisotopic (exact) mass is 196 g/mol. The van der Waals surface area contributed by atoms with Gasteiger partial charge in [-0.3, -0.25) is 0 Å². The standard InChI is InChI=1S/C5H4F4N4/c6-4-12-2(10)1(3(11)13-4)5(7,8)9/h(H4,10,11,12,13). The molecule has 4 N–H and O–H groups in total. The average molecular weight is 196 g/mol. The second kappa shape index (κ2) is 2.71. The Bertz CT molecular complexity index is 311. The molecule has 0 aliphatic heterocycles. The van der Waals surface area contributed by atoms with Gasteiger partial charge >= 0.3 is 12.3 Å². The van der Waals surface area contributed by atoms with Gasteiger partial charge in [-0.05, 0) is 0 Å². The van der Waals surface area contributed by atoms with Crippen LogP contribution in [0, 0.1) is 6.08 Å². The number of hydrogen-bond donors (Lipinski definition) is 2. The molecular formula is C5H4F4N4. The Kier molecular flexibility index (Phi) is 1.98. The van der Waals surface area contributed by atoms with E-state index in [1.54, 1.807) is 0 Å². The summed E-state index contributed by atoms with van der Waals surface area (Å²) in [5.74, 6) is -2.03. The second-order valence-corrected chi connectivity index (χ2v) is 2.14. The van der Waals surface area contributed by atoms with Crippen LogP contribution in [0.3, 0.4) is 0 Å². The highest BCUT2D eigenvalue weighted by Crippen LogP contribution is 2.35. The average Bonchev–Trinajstić information content (AvgIpc) is 1.78. The maximum absolute atomic E-state index is 12.2. The predicted molar refractivity (Wildman–Crippen MR) is 35.8 cm³/mol. The Morgan fingerprint density at radius 1 is 1.00 bits per heavy atom. The summed E-state index contributed by atoms with van der Waals surface area (Å²) in [5, 5.41) is 0. The molecule has 0 amide bonds.